The molecule has 61 valence electrons. The van der Waals surface area contributed by atoms with E-state index < -0.39 is 5.97 Å². The molecule has 12 heavy (non-hydrogen) atoms. The first-order valence-electron chi connectivity index (χ1n) is 3.41. The third-order valence-corrected chi connectivity index (χ3v) is 1.45. The van der Waals surface area contributed by atoms with Crippen LogP contribution in [0.2, 0.25) is 0 Å². The molecular formula is C9H7O3. The van der Waals surface area contributed by atoms with Crippen LogP contribution in [0.25, 0.3) is 0 Å². The van der Waals surface area contributed by atoms with E-state index >= 15 is 0 Å². The summed E-state index contributed by atoms with van der Waals surface area (Å²) in [5, 5.41) is 8.58. The summed E-state index contributed by atoms with van der Waals surface area (Å²) in [6.45, 7) is 0. The Kier molecular flexibility index (Phi) is 2.58. The van der Waals surface area contributed by atoms with Gasteiger partial charge < -0.3 is 5.11 Å². The quantitative estimate of drug-likeness (QED) is 0.724. The van der Waals surface area contributed by atoms with Gasteiger partial charge >= 0.3 is 5.97 Å². The van der Waals surface area contributed by atoms with Crippen molar-refractivity contribution in [3.63, 3.8) is 0 Å². The number of carboxylic acids is 1. The third kappa shape index (κ3) is 1.92. The molecule has 0 aliphatic heterocycles. The summed E-state index contributed by atoms with van der Waals surface area (Å²) in [5.41, 5.74) is 0.868. The van der Waals surface area contributed by atoms with E-state index in [4.69, 9.17) is 5.11 Å². The molecule has 0 amide bonds. The van der Waals surface area contributed by atoms with E-state index in [1.807, 2.05) is 0 Å². The van der Waals surface area contributed by atoms with E-state index in [0.29, 0.717) is 5.56 Å². The number of hydrogen-bond donors (Lipinski definition) is 1. The Hall–Kier alpha value is -1.64. The van der Waals surface area contributed by atoms with Gasteiger partial charge in [-0.05, 0) is 17.7 Å². The van der Waals surface area contributed by atoms with E-state index in [2.05, 4.69) is 0 Å². The first-order chi connectivity index (χ1) is 5.74. The van der Waals surface area contributed by atoms with Gasteiger partial charge in [-0.3, -0.25) is 4.79 Å². The van der Waals surface area contributed by atoms with Crippen molar-refractivity contribution < 1.29 is 14.7 Å². The molecule has 0 atom stereocenters. The molecule has 0 bridgehead atoms. The second kappa shape index (κ2) is 3.67. The second-order valence-corrected chi connectivity index (χ2v) is 2.33. The van der Waals surface area contributed by atoms with E-state index in [1.54, 1.807) is 18.4 Å². The van der Waals surface area contributed by atoms with Crippen molar-refractivity contribution in [2.24, 2.45) is 0 Å². The molecule has 0 saturated carbocycles. The molecule has 0 aliphatic carbocycles. The molecule has 0 aromatic heterocycles. The van der Waals surface area contributed by atoms with Crippen LogP contribution in [0.15, 0.2) is 24.3 Å². The number of carbonyl (C=O) groups is 1. The molecule has 0 unspecified atom stereocenters. The first-order valence-corrected chi connectivity index (χ1v) is 3.41. The second-order valence-electron chi connectivity index (χ2n) is 2.33. The van der Waals surface area contributed by atoms with Gasteiger partial charge in [0.2, 0.25) is 6.29 Å². The fourth-order valence-electron chi connectivity index (χ4n) is 0.898. The lowest BCUT2D eigenvalue weighted by Gasteiger charge is -1.96. The monoisotopic (exact) mass is 163 g/mol. The van der Waals surface area contributed by atoms with Crippen LogP contribution in [0.1, 0.15) is 15.9 Å². The van der Waals surface area contributed by atoms with Crippen molar-refractivity contribution >= 4 is 12.3 Å². The fourth-order valence-corrected chi connectivity index (χ4v) is 0.898. The first kappa shape index (κ1) is 8.46. The number of carbonyl (C=O) groups excluding carboxylic acids is 1. The zero-order chi connectivity index (χ0) is 8.97. The van der Waals surface area contributed by atoms with Crippen LogP contribution < -0.4 is 0 Å². The van der Waals surface area contributed by atoms with Crippen LogP contribution in [-0.4, -0.2) is 17.4 Å². The van der Waals surface area contributed by atoms with E-state index in [0.717, 1.165) is 0 Å². The number of rotatable bonds is 3. The topological polar surface area (TPSA) is 54.4 Å². The molecule has 1 radical (unpaired) electrons. The Morgan fingerprint density at radius 1 is 1.50 bits per heavy atom. The van der Waals surface area contributed by atoms with Crippen LogP contribution in [0.3, 0.4) is 0 Å². The van der Waals surface area contributed by atoms with Crippen molar-refractivity contribution in [1.82, 2.24) is 0 Å². The number of hydrogen-bond acceptors (Lipinski definition) is 2. The van der Waals surface area contributed by atoms with Gasteiger partial charge in [0.25, 0.3) is 0 Å². The summed E-state index contributed by atoms with van der Waals surface area (Å²) >= 11 is 0. The maximum atomic E-state index is 10.5. The maximum Gasteiger partial charge on any atom is 0.335 e. The highest BCUT2D eigenvalue weighted by atomic mass is 16.4. The molecule has 3 nitrogen and oxygen atoms in total. The molecule has 0 heterocycles. The van der Waals surface area contributed by atoms with Crippen molar-refractivity contribution in [2.75, 3.05) is 0 Å². The SMILES string of the molecule is O=[C]Cc1cccc(C(=O)O)c1. The third-order valence-electron chi connectivity index (χ3n) is 1.45. The highest BCUT2D eigenvalue weighted by Gasteiger charge is 2.02. The van der Waals surface area contributed by atoms with Crippen molar-refractivity contribution in [3.05, 3.63) is 35.4 Å². The van der Waals surface area contributed by atoms with Gasteiger partial charge in [0, 0.05) is 6.42 Å². The molecular weight excluding hydrogens is 156 g/mol. The molecule has 0 saturated heterocycles. The summed E-state index contributed by atoms with van der Waals surface area (Å²) < 4.78 is 0. The lowest BCUT2D eigenvalue weighted by atomic mass is 10.1. The standard InChI is InChI=1S/C9H7O3/c10-5-4-7-2-1-3-8(6-7)9(11)12/h1-3,6H,4H2,(H,11,12). The minimum Gasteiger partial charge on any atom is -0.478 e. The Morgan fingerprint density at radius 2 is 2.25 bits per heavy atom. The lowest BCUT2D eigenvalue weighted by Crippen LogP contribution is -1.97. The summed E-state index contributed by atoms with van der Waals surface area (Å²) in [6, 6.07) is 6.25. The summed E-state index contributed by atoms with van der Waals surface area (Å²) in [5.74, 6) is -0.984. The number of carboxylic acid groups (broad SMARTS) is 1. The van der Waals surface area contributed by atoms with Crippen LogP contribution >= 0.6 is 0 Å². The molecule has 1 aromatic carbocycles. The predicted octanol–water partition coefficient (Wildman–Crippen LogP) is 1.04. The van der Waals surface area contributed by atoms with Crippen LogP contribution in [-0.2, 0) is 11.2 Å². The van der Waals surface area contributed by atoms with Crippen LogP contribution in [0, 0.1) is 0 Å². The molecule has 1 N–H and O–H groups in total. The van der Waals surface area contributed by atoms with E-state index in [9.17, 15) is 9.59 Å². The lowest BCUT2D eigenvalue weighted by molar-refractivity contribution is 0.0697. The largest absolute Gasteiger partial charge is 0.478 e. The Bertz CT molecular complexity index is 304. The smallest absolute Gasteiger partial charge is 0.335 e. The molecule has 3 heteroatoms. The molecule has 1 aromatic rings. The van der Waals surface area contributed by atoms with Crippen LogP contribution in [0.5, 0.6) is 0 Å². The Labute approximate surface area is 69.6 Å². The van der Waals surface area contributed by atoms with Crippen molar-refractivity contribution in [3.8, 4) is 0 Å². The fraction of sp³-hybridized carbons (Fsp3) is 0.111. The van der Waals surface area contributed by atoms with Gasteiger partial charge in [-0.2, -0.15) is 0 Å². The summed E-state index contributed by atoms with van der Waals surface area (Å²) in [7, 11) is 0. The van der Waals surface area contributed by atoms with E-state index in [-0.39, 0.29) is 12.0 Å². The zero-order valence-electron chi connectivity index (χ0n) is 6.28. The highest BCUT2D eigenvalue weighted by molar-refractivity contribution is 5.87. The van der Waals surface area contributed by atoms with Crippen molar-refractivity contribution in [1.29, 1.82) is 0 Å². The molecule has 0 aliphatic rings. The van der Waals surface area contributed by atoms with Crippen LogP contribution in [0.4, 0.5) is 0 Å². The number of benzene rings is 1. The maximum absolute atomic E-state index is 10.5. The predicted molar refractivity (Wildman–Crippen MR) is 42.8 cm³/mol. The Balaban J connectivity index is 2.95. The summed E-state index contributed by atoms with van der Waals surface area (Å²) in [4.78, 5) is 20.4. The van der Waals surface area contributed by atoms with Gasteiger partial charge in [-0.15, -0.1) is 0 Å². The van der Waals surface area contributed by atoms with Gasteiger partial charge in [0.15, 0.2) is 0 Å². The summed E-state index contributed by atoms with van der Waals surface area (Å²) in [6.07, 6.45) is 1.85. The zero-order valence-corrected chi connectivity index (χ0v) is 6.28. The Morgan fingerprint density at radius 3 is 2.83 bits per heavy atom. The minimum atomic E-state index is -0.984. The molecule has 1 rings (SSSR count). The average Bonchev–Trinajstić information content (AvgIpc) is 2.05. The average molecular weight is 163 g/mol. The van der Waals surface area contributed by atoms with Gasteiger partial charge in [0.05, 0.1) is 5.56 Å². The van der Waals surface area contributed by atoms with Gasteiger partial charge in [-0.25, -0.2) is 4.79 Å². The highest BCUT2D eigenvalue weighted by Crippen LogP contribution is 2.04. The molecule has 0 fully saturated rings. The van der Waals surface area contributed by atoms with Crippen molar-refractivity contribution in [2.45, 2.75) is 6.42 Å². The van der Waals surface area contributed by atoms with Gasteiger partial charge in [0.1, 0.15) is 0 Å². The van der Waals surface area contributed by atoms with E-state index in [1.165, 1.54) is 12.1 Å². The minimum absolute atomic E-state index is 0.140. The van der Waals surface area contributed by atoms with Gasteiger partial charge in [-0.1, -0.05) is 12.1 Å². The number of aromatic carboxylic acids is 1. The molecule has 0 spiro atoms. The normalized spacial score (nSPS) is 9.33.